The molecule has 1 N–H and O–H groups in total. The van der Waals surface area contributed by atoms with E-state index in [0.29, 0.717) is 23.9 Å². The summed E-state index contributed by atoms with van der Waals surface area (Å²) in [5.41, 5.74) is 1.02. The second kappa shape index (κ2) is 6.34. The highest BCUT2D eigenvalue weighted by Crippen LogP contribution is 2.21. The van der Waals surface area contributed by atoms with Crippen LogP contribution in [0.5, 0.6) is 5.75 Å². The van der Waals surface area contributed by atoms with Gasteiger partial charge in [-0.3, -0.25) is 0 Å². The fourth-order valence-electron chi connectivity index (χ4n) is 1.56. The molecule has 0 saturated carbocycles. The Morgan fingerprint density at radius 3 is 2.65 bits per heavy atom. The number of hydrogen-bond acceptors (Lipinski definition) is 4. The first kappa shape index (κ1) is 14.3. The van der Waals surface area contributed by atoms with Gasteiger partial charge in [0.05, 0.1) is 12.2 Å². The third-order valence-corrected chi connectivity index (χ3v) is 3.10. The highest BCUT2D eigenvalue weighted by molar-refractivity contribution is 6.31. The van der Waals surface area contributed by atoms with Gasteiger partial charge >= 0.3 is 5.97 Å². The Labute approximate surface area is 121 Å². The number of aromatic carboxylic acids is 1. The highest BCUT2D eigenvalue weighted by atomic mass is 35.5. The number of hydrogen-bond donors (Lipinski definition) is 1. The standard InChI is InChI=1S/C14H13ClN2O3/c1-9-6-11(2-3-12(9)15)20-5-4-13-16-7-10(8-17-13)14(18)19/h2-3,6-8H,4-5H2,1H3,(H,18,19). The molecule has 1 heterocycles. The Hall–Kier alpha value is -2.14. The van der Waals surface area contributed by atoms with Gasteiger partial charge in [0.25, 0.3) is 0 Å². The van der Waals surface area contributed by atoms with E-state index in [2.05, 4.69) is 9.97 Å². The molecule has 0 spiro atoms. The van der Waals surface area contributed by atoms with Gasteiger partial charge in [-0.15, -0.1) is 0 Å². The first-order chi connectivity index (χ1) is 9.56. The molecule has 0 atom stereocenters. The summed E-state index contributed by atoms with van der Waals surface area (Å²) in [6.07, 6.45) is 3.08. The molecule has 6 heteroatoms. The molecule has 20 heavy (non-hydrogen) atoms. The Balaban J connectivity index is 1.89. The van der Waals surface area contributed by atoms with Crippen molar-refractivity contribution in [2.24, 2.45) is 0 Å². The average Bonchev–Trinajstić information content (AvgIpc) is 2.43. The van der Waals surface area contributed by atoms with Gasteiger partial charge in [0, 0.05) is 23.8 Å². The van der Waals surface area contributed by atoms with Crippen LogP contribution in [0.3, 0.4) is 0 Å². The van der Waals surface area contributed by atoms with Gasteiger partial charge < -0.3 is 9.84 Å². The molecular weight excluding hydrogens is 280 g/mol. The summed E-state index contributed by atoms with van der Waals surface area (Å²) >= 11 is 5.93. The van der Waals surface area contributed by atoms with Crippen molar-refractivity contribution in [1.82, 2.24) is 9.97 Å². The summed E-state index contributed by atoms with van der Waals surface area (Å²) in [6.45, 7) is 2.32. The van der Waals surface area contributed by atoms with Gasteiger partial charge in [-0.1, -0.05) is 11.6 Å². The second-order valence-corrected chi connectivity index (χ2v) is 4.61. The molecule has 0 saturated heterocycles. The van der Waals surface area contributed by atoms with Crippen LogP contribution in [0.4, 0.5) is 0 Å². The number of nitrogens with zero attached hydrogens (tertiary/aromatic N) is 2. The molecular formula is C14H13ClN2O3. The molecule has 104 valence electrons. The number of benzene rings is 1. The molecule has 1 aromatic carbocycles. The summed E-state index contributed by atoms with van der Waals surface area (Å²) in [4.78, 5) is 18.6. The molecule has 0 fully saturated rings. The van der Waals surface area contributed by atoms with Crippen LogP contribution in [-0.4, -0.2) is 27.7 Å². The van der Waals surface area contributed by atoms with Gasteiger partial charge in [0.1, 0.15) is 11.6 Å². The van der Waals surface area contributed by atoms with Gasteiger partial charge in [0.15, 0.2) is 0 Å². The van der Waals surface area contributed by atoms with Crippen molar-refractivity contribution in [2.45, 2.75) is 13.3 Å². The number of halogens is 1. The van der Waals surface area contributed by atoms with E-state index in [-0.39, 0.29) is 5.56 Å². The van der Waals surface area contributed by atoms with Crippen LogP contribution >= 0.6 is 11.6 Å². The van der Waals surface area contributed by atoms with E-state index in [1.807, 2.05) is 13.0 Å². The van der Waals surface area contributed by atoms with Crippen LogP contribution in [0.15, 0.2) is 30.6 Å². The second-order valence-electron chi connectivity index (χ2n) is 4.20. The van der Waals surface area contributed by atoms with Gasteiger partial charge in [-0.05, 0) is 30.7 Å². The number of aromatic nitrogens is 2. The topological polar surface area (TPSA) is 72.3 Å². The quantitative estimate of drug-likeness (QED) is 0.917. The van der Waals surface area contributed by atoms with E-state index in [1.54, 1.807) is 12.1 Å². The van der Waals surface area contributed by atoms with Crippen LogP contribution in [0.1, 0.15) is 21.7 Å². The fourth-order valence-corrected chi connectivity index (χ4v) is 1.68. The maximum absolute atomic E-state index is 10.7. The third-order valence-electron chi connectivity index (χ3n) is 2.68. The molecule has 2 aromatic rings. The predicted molar refractivity (Wildman–Crippen MR) is 74.4 cm³/mol. The number of carbonyl (C=O) groups is 1. The maximum Gasteiger partial charge on any atom is 0.338 e. The fraction of sp³-hybridized carbons (Fsp3) is 0.214. The average molecular weight is 293 g/mol. The van der Waals surface area contributed by atoms with Crippen molar-refractivity contribution in [3.63, 3.8) is 0 Å². The Morgan fingerprint density at radius 2 is 2.05 bits per heavy atom. The summed E-state index contributed by atoms with van der Waals surface area (Å²) in [6, 6.07) is 5.44. The summed E-state index contributed by atoms with van der Waals surface area (Å²) in [5.74, 6) is 0.235. The van der Waals surface area contributed by atoms with Crippen molar-refractivity contribution < 1.29 is 14.6 Å². The minimum Gasteiger partial charge on any atom is -0.493 e. The lowest BCUT2D eigenvalue weighted by Gasteiger charge is -2.07. The Bertz CT molecular complexity index is 614. The zero-order chi connectivity index (χ0) is 14.5. The van der Waals surface area contributed by atoms with E-state index in [0.717, 1.165) is 11.3 Å². The van der Waals surface area contributed by atoms with Crippen LogP contribution in [0.2, 0.25) is 5.02 Å². The lowest BCUT2D eigenvalue weighted by Crippen LogP contribution is -2.07. The molecule has 1 aromatic heterocycles. The molecule has 0 bridgehead atoms. The Kier molecular flexibility index (Phi) is 4.53. The first-order valence-electron chi connectivity index (χ1n) is 5.99. The molecule has 0 aliphatic rings. The molecule has 0 amide bonds. The van der Waals surface area contributed by atoms with Crippen molar-refractivity contribution >= 4 is 17.6 Å². The summed E-state index contributed by atoms with van der Waals surface area (Å²) in [7, 11) is 0. The monoisotopic (exact) mass is 292 g/mol. The molecule has 2 rings (SSSR count). The van der Waals surface area contributed by atoms with Crippen molar-refractivity contribution in [3.05, 3.63) is 52.6 Å². The smallest absolute Gasteiger partial charge is 0.338 e. The molecule has 0 aliphatic carbocycles. The summed E-state index contributed by atoms with van der Waals surface area (Å²) < 4.78 is 5.57. The zero-order valence-corrected chi connectivity index (χ0v) is 11.6. The van der Waals surface area contributed by atoms with Gasteiger partial charge in [-0.25, -0.2) is 14.8 Å². The van der Waals surface area contributed by atoms with E-state index in [4.69, 9.17) is 21.4 Å². The maximum atomic E-state index is 10.7. The predicted octanol–water partition coefficient (Wildman–Crippen LogP) is 2.76. The van der Waals surface area contributed by atoms with Crippen molar-refractivity contribution in [3.8, 4) is 5.75 Å². The highest BCUT2D eigenvalue weighted by Gasteiger charge is 2.05. The third kappa shape index (κ3) is 3.68. The largest absolute Gasteiger partial charge is 0.493 e. The number of carboxylic acids is 1. The number of aryl methyl sites for hydroxylation is 1. The number of carboxylic acid groups (broad SMARTS) is 1. The first-order valence-corrected chi connectivity index (χ1v) is 6.37. The van der Waals surface area contributed by atoms with Crippen LogP contribution in [-0.2, 0) is 6.42 Å². The normalized spacial score (nSPS) is 10.3. The van der Waals surface area contributed by atoms with Gasteiger partial charge in [0.2, 0.25) is 0 Å². The molecule has 0 radical (unpaired) electrons. The van der Waals surface area contributed by atoms with Crippen LogP contribution < -0.4 is 4.74 Å². The molecule has 5 nitrogen and oxygen atoms in total. The van der Waals surface area contributed by atoms with E-state index in [1.165, 1.54) is 12.4 Å². The zero-order valence-electron chi connectivity index (χ0n) is 10.8. The lowest BCUT2D eigenvalue weighted by molar-refractivity contribution is 0.0696. The van der Waals surface area contributed by atoms with Crippen molar-refractivity contribution in [1.29, 1.82) is 0 Å². The molecule has 0 aliphatic heterocycles. The summed E-state index contributed by atoms with van der Waals surface area (Å²) in [5, 5.41) is 9.43. The van der Waals surface area contributed by atoms with Crippen LogP contribution in [0, 0.1) is 6.92 Å². The van der Waals surface area contributed by atoms with Crippen molar-refractivity contribution in [2.75, 3.05) is 6.61 Å². The van der Waals surface area contributed by atoms with E-state index >= 15 is 0 Å². The minimum atomic E-state index is -1.04. The SMILES string of the molecule is Cc1cc(OCCc2ncc(C(=O)O)cn2)ccc1Cl. The Morgan fingerprint density at radius 1 is 1.35 bits per heavy atom. The number of ether oxygens (including phenoxy) is 1. The molecule has 0 unspecified atom stereocenters. The number of rotatable bonds is 5. The van der Waals surface area contributed by atoms with Gasteiger partial charge in [-0.2, -0.15) is 0 Å². The van der Waals surface area contributed by atoms with Crippen LogP contribution in [0.25, 0.3) is 0 Å². The van der Waals surface area contributed by atoms with E-state index < -0.39 is 5.97 Å². The minimum absolute atomic E-state index is 0.0722. The lowest BCUT2D eigenvalue weighted by atomic mass is 10.2. The van der Waals surface area contributed by atoms with E-state index in [9.17, 15) is 4.79 Å².